The van der Waals surface area contributed by atoms with Gasteiger partial charge in [0.15, 0.2) is 0 Å². The van der Waals surface area contributed by atoms with Gasteiger partial charge in [0.1, 0.15) is 0 Å². The lowest BCUT2D eigenvalue weighted by Gasteiger charge is -2.11. The molecule has 2 aromatic rings. The van der Waals surface area contributed by atoms with Gasteiger partial charge >= 0.3 is 0 Å². The summed E-state index contributed by atoms with van der Waals surface area (Å²) in [6, 6.07) is 12.0. The first-order chi connectivity index (χ1) is 9.66. The molecule has 0 aliphatic rings. The summed E-state index contributed by atoms with van der Waals surface area (Å²) in [4.78, 5) is 6.39. The van der Waals surface area contributed by atoms with Crippen LogP contribution in [-0.2, 0) is 0 Å². The number of pyridine rings is 1. The van der Waals surface area contributed by atoms with E-state index in [1.54, 1.807) is 6.20 Å². The molecule has 0 aliphatic heterocycles. The molecule has 2 rings (SSSR count). The van der Waals surface area contributed by atoms with Gasteiger partial charge in [0, 0.05) is 29.5 Å². The molecule has 0 atom stereocenters. The van der Waals surface area contributed by atoms with Crippen LogP contribution in [0.15, 0.2) is 54.9 Å². The molecule has 0 radical (unpaired) electrons. The molecule has 0 N–H and O–H groups in total. The molecule has 0 saturated heterocycles. The molecule has 0 amide bonds. The molecule has 2 nitrogen and oxygen atoms in total. The van der Waals surface area contributed by atoms with Crippen molar-refractivity contribution >= 4 is 17.2 Å². The fourth-order valence-electron chi connectivity index (χ4n) is 2.05. The number of hydrogen-bond donors (Lipinski definition) is 0. The van der Waals surface area contributed by atoms with E-state index in [0.29, 0.717) is 0 Å². The van der Waals surface area contributed by atoms with Crippen LogP contribution >= 0.6 is 11.6 Å². The van der Waals surface area contributed by atoms with Gasteiger partial charge in [-0.1, -0.05) is 35.9 Å². The molecule has 1 aromatic heterocycles. The Morgan fingerprint density at radius 3 is 2.65 bits per heavy atom. The Kier molecular flexibility index (Phi) is 5.33. The van der Waals surface area contributed by atoms with Gasteiger partial charge in [-0.25, -0.2) is 0 Å². The Hall–Kier alpha value is -1.64. The average Bonchev–Trinajstić information content (AvgIpc) is 2.44. The van der Waals surface area contributed by atoms with Crippen LogP contribution in [0.1, 0.15) is 17.5 Å². The van der Waals surface area contributed by atoms with Gasteiger partial charge in [0.2, 0.25) is 0 Å². The zero-order valence-electron chi connectivity index (χ0n) is 11.9. The molecule has 0 saturated carbocycles. The zero-order chi connectivity index (χ0) is 14.4. The number of halogens is 1. The normalized spacial score (nSPS) is 11.9. The maximum Gasteiger partial charge on any atom is 0.0412 e. The van der Waals surface area contributed by atoms with E-state index in [9.17, 15) is 0 Å². The van der Waals surface area contributed by atoms with Crippen molar-refractivity contribution < 1.29 is 0 Å². The summed E-state index contributed by atoms with van der Waals surface area (Å²) in [5, 5.41) is 0.755. The van der Waals surface area contributed by atoms with Crippen LogP contribution in [0.5, 0.6) is 0 Å². The van der Waals surface area contributed by atoms with Crippen molar-refractivity contribution in [2.75, 3.05) is 20.6 Å². The van der Waals surface area contributed by atoms with Crippen LogP contribution in [0.4, 0.5) is 0 Å². The van der Waals surface area contributed by atoms with E-state index in [4.69, 9.17) is 11.6 Å². The minimum atomic E-state index is 0.755. The van der Waals surface area contributed by atoms with Crippen LogP contribution < -0.4 is 0 Å². The predicted molar refractivity (Wildman–Crippen MR) is 85.9 cm³/mol. The molecule has 1 aromatic carbocycles. The Labute approximate surface area is 125 Å². The van der Waals surface area contributed by atoms with Crippen LogP contribution in [0, 0.1) is 0 Å². The van der Waals surface area contributed by atoms with E-state index in [-0.39, 0.29) is 0 Å². The van der Waals surface area contributed by atoms with Gasteiger partial charge in [-0.2, -0.15) is 0 Å². The highest BCUT2D eigenvalue weighted by Crippen LogP contribution is 2.25. The van der Waals surface area contributed by atoms with Crippen LogP contribution in [0.2, 0.25) is 5.02 Å². The lowest BCUT2D eigenvalue weighted by atomic mass is 9.98. The van der Waals surface area contributed by atoms with Crippen molar-refractivity contribution in [1.29, 1.82) is 0 Å². The summed E-state index contributed by atoms with van der Waals surface area (Å²) < 4.78 is 0. The fraction of sp³-hybridized carbons (Fsp3) is 0.235. The first-order valence-corrected chi connectivity index (χ1v) is 7.06. The minimum absolute atomic E-state index is 0.755. The van der Waals surface area contributed by atoms with E-state index in [2.05, 4.69) is 42.2 Å². The second-order valence-corrected chi connectivity index (χ2v) is 5.40. The molecule has 0 fully saturated rings. The van der Waals surface area contributed by atoms with E-state index in [0.717, 1.165) is 29.1 Å². The maximum absolute atomic E-state index is 6.11. The van der Waals surface area contributed by atoms with Gasteiger partial charge in [0.05, 0.1) is 0 Å². The molecule has 20 heavy (non-hydrogen) atoms. The molecule has 104 valence electrons. The number of rotatable bonds is 5. The van der Waals surface area contributed by atoms with Gasteiger partial charge in [-0.3, -0.25) is 4.98 Å². The Morgan fingerprint density at radius 2 is 2.00 bits per heavy atom. The number of aromatic nitrogens is 1. The largest absolute Gasteiger partial charge is 0.309 e. The van der Waals surface area contributed by atoms with Crippen molar-refractivity contribution in [3.05, 3.63) is 71.0 Å². The quantitative estimate of drug-likeness (QED) is 0.822. The SMILES string of the molecule is CN(C)CC/C=C(/c1cccnc1)c1cccc(Cl)c1. The lowest BCUT2D eigenvalue weighted by Crippen LogP contribution is -2.12. The number of benzene rings is 1. The summed E-state index contributed by atoms with van der Waals surface area (Å²) >= 11 is 6.11. The van der Waals surface area contributed by atoms with Gasteiger partial charge in [-0.05, 0) is 49.9 Å². The molecule has 3 heteroatoms. The van der Waals surface area contributed by atoms with Crippen LogP contribution in [0.25, 0.3) is 5.57 Å². The maximum atomic E-state index is 6.11. The third-order valence-electron chi connectivity index (χ3n) is 3.03. The van der Waals surface area contributed by atoms with Crippen LogP contribution in [0.3, 0.4) is 0 Å². The first-order valence-electron chi connectivity index (χ1n) is 6.68. The monoisotopic (exact) mass is 286 g/mol. The third-order valence-corrected chi connectivity index (χ3v) is 3.27. The molecule has 0 unspecified atom stereocenters. The number of hydrogen-bond acceptors (Lipinski definition) is 2. The molecule has 1 heterocycles. The Morgan fingerprint density at radius 1 is 1.20 bits per heavy atom. The van der Waals surface area contributed by atoms with E-state index < -0.39 is 0 Å². The highest BCUT2D eigenvalue weighted by atomic mass is 35.5. The van der Waals surface area contributed by atoms with Crippen molar-refractivity contribution in [2.45, 2.75) is 6.42 Å². The highest BCUT2D eigenvalue weighted by molar-refractivity contribution is 6.30. The van der Waals surface area contributed by atoms with Gasteiger partial charge in [0.25, 0.3) is 0 Å². The second kappa shape index (κ2) is 7.22. The molecule has 0 spiro atoms. The minimum Gasteiger partial charge on any atom is -0.309 e. The van der Waals surface area contributed by atoms with E-state index >= 15 is 0 Å². The Bertz CT molecular complexity index is 577. The topological polar surface area (TPSA) is 16.1 Å². The Balaban J connectivity index is 2.34. The summed E-state index contributed by atoms with van der Waals surface area (Å²) in [6.45, 7) is 1.02. The second-order valence-electron chi connectivity index (χ2n) is 4.96. The molecule has 0 bridgehead atoms. The highest BCUT2D eigenvalue weighted by Gasteiger charge is 2.05. The van der Waals surface area contributed by atoms with E-state index in [1.807, 2.05) is 30.5 Å². The summed E-state index contributed by atoms with van der Waals surface area (Å²) in [6.07, 6.45) is 6.92. The van der Waals surface area contributed by atoms with Gasteiger partial charge in [-0.15, -0.1) is 0 Å². The standard InChI is InChI=1S/C17H19ClN2/c1-20(2)11-5-9-17(15-7-4-10-19-13-15)14-6-3-8-16(18)12-14/h3-4,6-10,12-13H,5,11H2,1-2H3/b17-9+. The van der Waals surface area contributed by atoms with Crippen molar-refractivity contribution in [2.24, 2.45) is 0 Å². The van der Waals surface area contributed by atoms with Crippen LogP contribution in [-0.4, -0.2) is 30.5 Å². The van der Waals surface area contributed by atoms with E-state index in [1.165, 1.54) is 5.57 Å². The molecule has 0 aliphatic carbocycles. The summed E-state index contributed by atoms with van der Waals surface area (Å²) in [7, 11) is 4.16. The zero-order valence-corrected chi connectivity index (χ0v) is 12.6. The molecular formula is C17H19ClN2. The smallest absolute Gasteiger partial charge is 0.0412 e. The van der Waals surface area contributed by atoms with Gasteiger partial charge < -0.3 is 4.90 Å². The van der Waals surface area contributed by atoms with Crippen molar-refractivity contribution in [1.82, 2.24) is 9.88 Å². The third kappa shape index (κ3) is 4.19. The summed E-state index contributed by atoms with van der Waals surface area (Å²) in [5.74, 6) is 0. The molecular weight excluding hydrogens is 268 g/mol. The van der Waals surface area contributed by atoms with Crippen molar-refractivity contribution in [3.8, 4) is 0 Å². The fourth-order valence-corrected chi connectivity index (χ4v) is 2.24. The lowest BCUT2D eigenvalue weighted by molar-refractivity contribution is 0.417. The average molecular weight is 287 g/mol. The first kappa shape index (κ1) is 14.8. The van der Waals surface area contributed by atoms with Crippen molar-refractivity contribution in [3.63, 3.8) is 0 Å². The summed E-state index contributed by atoms with van der Waals surface area (Å²) in [5.41, 5.74) is 3.43. The number of nitrogens with zero attached hydrogens (tertiary/aromatic N) is 2. The predicted octanol–water partition coefficient (Wildman–Crippen LogP) is 4.12.